The zero-order valence-corrected chi connectivity index (χ0v) is 14.0. The van der Waals surface area contributed by atoms with Crippen molar-refractivity contribution in [2.45, 2.75) is 25.7 Å². The highest BCUT2D eigenvalue weighted by atomic mass is 16.6. The average Bonchev–Trinajstić information content (AvgIpc) is 2.91. The first kappa shape index (κ1) is 17.2. The topological polar surface area (TPSA) is 61.8 Å². The molecule has 0 amide bonds. The molecule has 0 saturated carbocycles. The summed E-state index contributed by atoms with van der Waals surface area (Å²) in [6.45, 7) is 2.28. The van der Waals surface area contributed by atoms with E-state index in [0.717, 1.165) is 5.56 Å². The van der Waals surface area contributed by atoms with Crippen LogP contribution in [0.5, 0.6) is 0 Å². The van der Waals surface area contributed by atoms with Crippen LogP contribution in [0.3, 0.4) is 0 Å². The minimum absolute atomic E-state index is 0.178. The van der Waals surface area contributed by atoms with E-state index in [1.54, 1.807) is 31.2 Å². The minimum Gasteiger partial charge on any atom is -0.456 e. The molecule has 1 saturated heterocycles. The van der Waals surface area contributed by atoms with Crippen molar-refractivity contribution in [2.75, 3.05) is 6.61 Å². The number of esters is 2. The SMILES string of the molecule is CC1C(=O)OC(COCc2ccccc2)C1OC(=O)c1ccccc1. The van der Waals surface area contributed by atoms with Gasteiger partial charge in [0, 0.05) is 0 Å². The van der Waals surface area contributed by atoms with Gasteiger partial charge in [0.2, 0.25) is 0 Å². The number of carbonyl (C=O) groups is 2. The Bertz CT molecular complexity index is 713. The molecule has 2 aromatic rings. The second kappa shape index (κ2) is 7.94. The zero-order chi connectivity index (χ0) is 17.6. The fourth-order valence-corrected chi connectivity index (χ4v) is 2.72. The smallest absolute Gasteiger partial charge is 0.338 e. The number of benzene rings is 2. The Labute approximate surface area is 146 Å². The molecule has 1 fully saturated rings. The number of cyclic esters (lactones) is 1. The van der Waals surface area contributed by atoms with Crippen LogP contribution in [0.25, 0.3) is 0 Å². The summed E-state index contributed by atoms with van der Waals surface area (Å²) in [7, 11) is 0. The highest BCUT2D eigenvalue weighted by Gasteiger charge is 2.44. The molecule has 1 aliphatic heterocycles. The lowest BCUT2D eigenvalue weighted by Gasteiger charge is -2.20. The predicted molar refractivity (Wildman–Crippen MR) is 90.8 cm³/mol. The Morgan fingerprint density at radius 3 is 2.36 bits per heavy atom. The molecule has 1 heterocycles. The van der Waals surface area contributed by atoms with Gasteiger partial charge in [-0.25, -0.2) is 4.79 Å². The molecule has 0 aromatic heterocycles. The van der Waals surface area contributed by atoms with Crippen molar-refractivity contribution in [3.8, 4) is 0 Å². The molecular weight excluding hydrogens is 320 g/mol. The number of carbonyl (C=O) groups excluding carboxylic acids is 2. The lowest BCUT2D eigenvalue weighted by Crippen LogP contribution is -2.34. The maximum Gasteiger partial charge on any atom is 0.338 e. The van der Waals surface area contributed by atoms with Crippen LogP contribution in [0, 0.1) is 5.92 Å². The van der Waals surface area contributed by atoms with Crippen LogP contribution >= 0.6 is 0 Å². The highest BCUT2D eigenvalue weighted by Crippen LogP contribution is 2.26. The van der Waals surface area contributed by atoms with E-state index in [2.05, 4.69) is 0 Å². The van der Waals surface area contributed by atoms with Crippen molar-refractivity contribution in [1.29, 1.82) is 0 Å². The molecule has 0 aliphatic carbocycles. The van der Waals surface area contributed by atoms with Crippen molar-refractivity contribution in [2.24, 2.45) is 5.92 Å². The number of hydrogen-bond donors (Lipinski definition) is 0. The first-order valence-electron chi connectivity index (χ1n) is 8.23. The summed E-state index contributed by atoms with van der Waals surface area (Å²) in [5.74, 6) is -1.36. The predicted octanol–water partition coefficient (Wildman–Crippen LogP) is 2.99. The monoisotopic (exact) mass is 340 g/mol. The molecule has 1 aliphatic rings. The highest BCUT2D eigenvalue weighted by molar-refractivity contribution is 5.90. The molecule has 25 heavy (non-hydrogen) atoms. The Morgan fingerprint density at radius 1 is 1.04 bits per heavy atom. The fourth-order valence-electron chi connectivity index (χ4n) is 2.72. The van der Waals surface area contributed by atoms with E-state index >= 15 is 0 Å². The summed E-state index contributed by atoms with van der Waals surface area (Å²) in [4.78, 5) is 24.1. The molecule has 5 heteroatoms. The van der Waals surface area contributed by atoms with Gasteiger partial charge in [0.05, 0.1) is 24.7 Å². The van der Waals surface area contributed by atoms with Crippen LogP contribution in [0.4, 0.5) is 0 Å². The summed E-state index contributed by atoms with van der Waals surface area (Å²) in [5.41, 5.74) is 1.47. The van der Waals surface area contributed by atoms with E-state index in [9.17, 15) is 9.59 Å². The van der Waals surface area contributed by atoms with Gasteiger partial charge in [0.25, 0.3) is 0 Å². The third-order valence-corrected chi connectivity index (χ3v) is 4.14. The molecule has 0 N–H and O–H groups in total. The Balaban J connectivity index is 1.59. The third-order valence-electron chi connectivity index (χ3n) is 4.14. The quantitative estimate of drug-likeness (QED) is 0.757. The van der Waals surface area contributed by atoms with Crippen molar-refractivity contribution in [3.63, 3.8) is 0 Å². The van der Waals surface area contributed by atoms with E-state index in [1.807, 2.05) is 36.4 Å². The van der Waals surface area contributed by atoms with Crippen LogP contribution in [-0.2, 0) is 25.6 Å². The maximum absolute atomic E-state index is 12.3. The second-order valence-corrected chi connectivity index (χ2v) is 6.00. The molecule has 3 atom stereocenters. The minimum atomic E-state index is -0.657. The normalized spacial score (nSPS) is 22.4. The molecule has 3 rings (SSSR count). The lowest BCUT2D eigenvalue weighted by molar-refractivity contribution is -0.146. The van der Waals surface area contributed by atoms with Gasteiger partial charge in [-0.15, -0.1) is 0 Å². The van der Waals surface area contributed by atoms with Gasteiger partial charge < -0.3 is 14.2 Å². The van der Waals surface area contributed by atoms with Crippen molar-refractivity contribution >= 4 is 11.9 Å². The van der Waals surface area contributed by atoms with E-state index in [1.165, 1.54) is 0 Å². The Kier molecular flexibility index (Phi) is 5.46. The van der Waals surface area contributed by atoms with Crippen LogP contribution in [-0.4, -0.2) is 30.8 Å². The van der Waals surface area contributed by atoms with Crippen molar-refractivity contribution in [3.05, 3.63) is 71.8 Å². The van der Waals surface area contributed by atoms with Crippen molar-refractivity contribution in [1.82, 2.24) is 0 Å². The van der Waals surface area contributed by atoms with Gasteiger partial charge in [-0.2, -0.15) is 0 Å². The van der Waals surface area contributed by atoms with E-state index < -0.39 is 24.1 Å². The lowest BCUT2D eigenvalue weighted by atomic mass is 10.0. The molecule has 2 aromatic carbocycles. The Morgan fingerprint density at radius 2 is 1.68 bits per heavy atom. The van der Waals surface area contributed by atoms with Crippen LogP contribution in [0.15, 0.2) is 60.7 Å². The van der Waals surface area contributed by atoms with E-state index in [0.29, 0.717) is 12.2 Å². The molecule has 130 valence electrons. The molecular formula is C20H20O5. The molecule has 5 nitrogen and oxygen atoms in total. The second-order valence-electron chi connectivity index (χ2n) is 6.00. The average molecular weight is 340 g/mol. The van der Waals surface area contributed by atoms with Crippen LogP contribution in [0.2, 0.25) is 0 Å². The van der Waals surface area contributed by atoms with Gasteiger partial charge in [-0.05, 0) is 24.6 Å². The first-order chi connectivity index (χ1) is 12.1. The van der Waals surface area contributed by atoms with Gasteiger partial charge in [0.1, 0.15) is 0 Å². The number of ether oxygens (including phenoxy) is 3. The summed E-state index contributed by atoms with van der Waals surface area (Å²) in [6.07, 6.45) is -1.25. The van der Waals surface area contributed by atoms with Crippen LogP contribution in [0.1, 0.15) is 22.8 Å². The Hall–Kier alpha value is -2.66. The van der Waals surface area contributed by atoms with Gasteiger partial charge >= 0.3 is 11.9 Å². The summed E-state index contributed by atoms with van der Waals surface area (Å²) >= 11 is 0. The van der Waals surface area contributed by atoms with Crippen LogP contribution < -0.4 is 0 Å². The molecule has 0 spiro atoms. The van der Waals surface area contributed by atoms with Gasteiger partial charge in [0.15, 0.2) is 12.2 Å². The van der Waals surface area contributed by atoms with E-state index in [-0.39, 0.29) is 12.6 Å². The first-order valence-corrected chi connectivity index (χ1v) is 8.23. The van der Waals surface area contributed by atoms with Crippen molar-refractivity contribution < 1.29 is 23.8 Å². The fraction of sp³-hybridized carbons (Fsp3) is 0.300. The maximum atomic E-state index is 12.3. The van der Waals surface area contributed by atoms with Gasteiger partial charge in [-0.1, -0.05) is 48.5 Å². The molecule has 0 bridgehead atoms. The number of rotatable bonds is 6. The largest absolute Gasteiger partial charge is 0.456 e. The zero-order valence-electron chi connectivity index (χ0n) is 14.0. The standard InChI is InChI=1S/C20H20O5/c1-14-18(25-20(22)16-10-6-3-7-11-16)17(24-19(14)21)13-23-12-15-8-4-2-5-9-15/h2-11,14,17-18H,12-13H2,1H3. The third kappa shape index (κ3) is 4.25. The number of hydrogen-bond acceptors (Lipinski definition) is 5. The molecule has 0 radical (unpaired) electrons. The summed E-state index contributed by atoms with van der Waals surface area (Å²) < 4.78 is 16.5. The molecule has 3 unspecified atom stereocenters. The van der Waals surface area contributed by atoms with Gasteiger partial charge in [-0.3, -0.25) is 4.79 Å². The van der Waals surface area contributed by atoms with E-state index in [4.69, 9.17) is 14.2 Å². The summed E-state index contributed by atoms with van der Waals surface area (Å²) in [6, 6.07) is 18.4. The summed E-state index contributed by atoms with van der Waals surface area (Å²) in [5, 5.41) is 0.